The Hall–Kier alpha value is -14.6. The number of nitrogens with two attached hydrogens (primary N) is 4. The molecule has 102 heavy (non-hydrogen) atoms. The van der Waals surface area contributed by atoms with Crippen LogP contribution in [0.2, 0.25) is 0 Å². The van der Waals surface area contributed by atoms with Gasteiger partial charge in [-0.3, -0.25) is 79.2 Å². The molecule has 0 aliphatic carbocycles. The number of nitrogens with zero attached hydrogens (tertiary/aromatic N) is 44. The Morgan fingerprint density at radius 2 is 0.284 bits per heavy atom. The van der Waals surface area contributed by atoms with Gasteiger partial charge in [-0.2, -0.15) is 0 Å². The van der Waals surface area contributed by atoms with Crippen molar-refractivity contribution in [2.75, 3.05) is 23.4 Å². The zero-order valence-corrected chi connectivity index (χ0v) is 55.9. The molecule has 54 heteroatoms. The first-order chi connectivity index (χ1) is 46.8. The van der Waals surface area contributed by atoms with Crippen molar-refractivity contribution in [3.8, 4) is 92.1 Å². The molecule has 0 amide bonds. The zero-order valence-electron chi connectivity index (χ0n) is 51.1. The predicted molar refractivity (Wildman–Crippen MR) is 357 cm³/mol. The van der Waals surface area contributed by atoms with Gasteiger partial charge in [0.2, 0.25) is 46.6 Å². The molecule has 0 aliphatic heterocycles. The second-order valence-electron chi connectivity index (χ2n) is 15.3. The van der Waals surface area contributed by atoms with E-state index in [1.54, 1.807) is 49.6 Å². The van der Waals surface area contributed by atoms with Gasteiger partial charge in [0.25, 0.3) is 0 Å². The fourth-order valence-corrected chi connectivity index (χ4v) is 6.52. The Morgan fingerprint density at radius 1 is 0.196 bits per heavy atom. The van der Waals surface area contributed by atoms with Crippen LogP contribution in [-0.4, -0.2) is 99.4 Å². The molecule has 12 aromatic rings. The Labute approximate surface area is 613 Å². The van der Waals surface area contributed by atoms with Crippen LogP contribution in [0.4, 0.5) is 0 Å². The maximum absolute atomic E-state index is 6.75. The van der Waals surface area contributed by atoms with Gasteiger partial charge in [-0.25, -0.2) is 18.7 Å². The number of rotatable bonds is 8. The van der Waals surface area contributed by atoms with Crippen LogP contribution in [0.15, 0.2) is 195 Å². The molecule has 516 valence electrons. The third kappa shape index (κ3) is 34.2. The molecule has 50 nitrogen and oxygen atoms in total. The summed E-state index contributed by atoms with van der Waals surface area (Å²) in [5.74, 6) is 28.0. The maximum Gasteiger partial charge on any atom is 2.00 e. The van der Waals surface area contributed by atoms with Gasteiger partial charge in [0.05, 0.1) is 0 Å². The van der Waals surface area contributed by atoms with E-state index in [2.05, 4.69) is 80.7 Å². The van der Waals surface area contributed by atoms with Crippen LogP contribution in [0.25, 0.3) is 220 Å². The maximum atomic E-state index is 6.75. The number of hydrogen-bond donors (Lipinski definition) is 4. The summed E-state index contributed by atoms with van der Waals surface area (Å²) in [5, 5.41) is 32.4. The summed E-state index contributed by atoms with van der Waals surface area (Å²) in [6.45, 7) is 0. The van der Waals surface area contributed by atoms with E-state index in [-0.39, 0.29) is 79.2 Å². The largest absolute Gasteiger partial charge is 2.00 e. The summed E-state index contributed by atoms with van der Waals surface area (Å²) in [6.07, 6.45) is 13.5. The van der Waals surface area contributed by atoms with Crippen molar-refractivity contribution in [3.05, 3.63) is 323 Å². The molecule has 0 atom stereocenters. The van der Waals surface area contributed by atoms with Crippen molar-refractivity contribution in [1.29, 1.82) is 0 Å². The van der Waals surface area contributed by atoms with Gasteiger partial charge in [-0.1, -0.05) is 48.5 Å². The van der Waals surface area contributed by atoms with E-state index in [0.29, 0.717) is 92.1 Å². The van der Waals surface area contributed by atoms with Crippen LogP contribution in [0.3, 0.4) is 0 Å². The average molecular weight is 1550 g/mol. The van der Waals surface area contributed by atoms with Gasteiger partial charge < -0.3 is 123 Å². The summed E-state index contributed by atoms with van der Waals surface area (Å²) in [7, 11) is 0. The minimum atomic E-state index is 0. The van der Waals surface area contributed by atoms with Crippen molar-refractivity contribution in [3.63, 3.8) is 0 Å². The normalized spacial score (nSPS) is 8.00. The standard InChI is InChI=1S/4C12H10N6.4Mn.8N3.2H2O/c4*13-18-11(9-5-1-3-7-14-9)16-17-12(18)10-6-2-4-8-15-10;;;;;8*1-3-2;;/h4*1-8H,13H2;;;;;;;;;;;;;2*1H2/q;;;;4*+2;8*-1;;/p+2. The van der Waals surface area contributed by atoms with E-state index in [0.717, 1.165) is 0 Å². The molecular formula is C48H46Mn4N48O2+2. The third-order valence-electron chi connectivity index (χ3n) is 9.94. The Morgan fingerprint density at radius 3 is 0.353 bits per heavy atom. The van der Waals surface area contributed by atoms with E-state index in [4.69, 9.17) is 112 Å². The van der Waals surface area contributed by atoms with Crippen LogP contribution in [0.1, 0.15) is 0 Å². The summed E-state index contributed by atoms with van der Waals surface area (Å²) in [6, 6.07) is 44.3. The minimum Gasteiger partial charge on any atom is -0.457 e. The predicted octanol–water partition coefficient (Wildman–Crippen LogP) is 9.54. The topological polar surface area (TPSA) is 866 Å². The fourth-order valence-electron chi connectivity index (χ4n) is 6.52. The summed E-state index contributed by atoms with van der Waals surface area (Å²) >= 11 is 0. The second kappa shape index (κ2) is 61.3. The molecule has 0 aromatic carbocycles. The summed E-state index contributed by atoms with van der Waals surface area (Å²) in [5.41, 5.74) is 113. The summed E-state index contributed by atoms with van der Waals surface area (Å²) in [4.78, 5) is 45.5. The van der Waals surface area contributed by atoms with Gasteiger partial charge in [0.15, 0.2) is 0 Å². The molecule has 0 fully saturated rings. The van der Waals surface area contributed by atoms with E-state index >= 15 is 0 Å². The smallest absolute Gasteiger partial charge is 0.457 e. The molecule has 12 heterocycles. The Kier molecular flexibility index (Phi) is 59.2. The van der Waals surface area contributed by atoms with Crippen molar-refractivity contribution in [1.82, 2.24) is 99.4 Å². The number of aromatic nitrogens is 20. The molecule has 0 saturated heterocycles. The van der Waals surface area contributed by atoms with Crippen molar-refractivity contribution < 1.29 is 79.2 Å². The van der Waals surface area contributed by atoms with Crippen LogP contribution < -0.4 is 23.4 Å². The van der Waals surface area contributed by atoms with Crippen molar-refractivity contribution in [2.45, 2.75) is 0 Å². The first-order valence-electron chi connectivity index (χ1n) is 24.8. The van der Waals surface area contributed by atoms with Gasteiger partial charge in [0.1, 0.15) is 45.6 Å². The Balaban J connectivity index is -0.000000267. The molecule has 0 bridgehead atoms. The number of nitrogen functional groups attached to an aromatic ring is 4. The second-order valence-corrected chi connectivity index (χ2v) is 15.3. The van der Waals surface area contributed by atoms with Gasteiger partial charge in [-0.05, 0) is 97.1 Å². The SMILES string of the molecule is Nn1c(-c2ccccn2)nnc1-c1ccccn1.Nn1c(-c2ccccn2)nnc1-c1ccccn1.Nn1c(-c2ccccn2)nnc1-c1ccccn1.Nn1c(-c2ccccn2)nnc1-c1ccccn1.[Mn+2].[Mn+2].[Mn+2].[Mn+2].[N-]=[N+]=[N-].[N-]=[N+]=[N-].[N-]=[N+]=[N-].[N-]=[N+]=[N-].[N-]=[N+]=[N-].[N-]=[N+]=[N-].[N-]=[N+]=[N-].[N-]=[N+]=[N-].[OH3+].[OH3+]. The quantitative estimate of drug-likeness (QED) is 0.0274. The molecule has 0 spiro atoms. The Bertz CT molecular complexity index is 3590. The molecule has 0 unspecified atom stereocenters. The first kappa shape index (κ1) is 98.5. The summed E-state index contributed by atoms with van der Waals surface area (Å²) < 4.78 is 5.57. The van der Waals surface area contributed by atoms with Crippen molar-refractivity contribution in [2.24, 2.45) is 0 Å². The molecule has 12 aromatic heterocycles. The van der Waals surface area contributed by atoms with Crippen LogP contribution in [-0.2, 0) is 79.2 Å². The van der Waals surface area contributed by atoms with Crippen LogP contribution >= 0.6 is 0 Å². The average Bonchev–Trinajstić information content (AvgIpc) is 1.70. The minimum absolute atomic E-state index is 0. The number of pyridine rings is 8. The van der Waals surface area contributed by atoms with Gasteiger partial charge in [-0.15, -0.1) is 40.8 Å². The van der Waals surface area contributed by atoms with Crippen molar-refractivity contribution >= 4 is 0 Å². The van der Waals surface area contributed by atoms with Crippen LogP contribution in [0.5, 0.6) is 0 Å². The van der Waals surface area contributed by atoms with E-state index in [9.17, 15) is 0 Å². The molecular weight excluding hydrogens is 1500 g/mol. The third-order valence-corrected chi connectivity index (χ3v) is 9.94. The molecule has 4 radical (unpaired) electrons. The van der Waals surface area contributed by atoms with E-state index < -0.39 is 0 Å². The monoisotopic (exact) mass is 1550 g/mol. The molecule has 0 saturated carbocycles. The van der Waals surface area contributed by atoms with E-state index in [1.165, 1.54) is 58.0 Å². The van der Waals surface area contributed by atoms with E-state index in [1.807, 2.05) is 146 Å². The molecule has 14 N–H and O–H groups in total. The fraction of sp³-hybridized carbons (Fsp3) is 0. The van der Waals surface area contributed by atoms with Gasteiger partial charge >= 0.3 is 68.3 Å². The first-order valence-corrected chi connectivity index (χ1v) is 24.8. The van der Waals surface area contributed by atoms with Gasteiger partial charge in [0, 0.05) is 49.6 Å². The zero-order chi connectivity index (χ0) is 71.1. The number of hydrogen-bond acceptors (Lipinski definition) is 20. The van der Waals surface area contributed by atoms with Crippen LogP contribution in [0, 0.1) is 0 Å². The molecule has 12 rings (SSSR count). The molecule has 0 aliphatic rings.